The predicted octanol–water partition coefficient (Wildman–Crippen LogP) is 3.09. The fourth-order valence-corrected chi connectivity index (χ4v) is 5.12. The zero-order valence-corrected chi connectivity index (χ0v) is 20.1. The maximum Gasteiger partial charge on any atom is 0.190 e. The molecule has 12 nitrogen and oxygen atoms in total. The third-order valence-corrected chi connectivity index (χ3v) is 6.76. The fraction of sp³-hybridized carbons (Fsp3) is 0.0714. The Morgan fingerprint density at radius 1 is 0.500 bits per heavy atom. The van der Waals surface area contributed by atoms with Crippen LogP contribution in [-0.4, -0.2) is 40.9 Å². The molecule has 0 saturated carbocycles. The molecule has 0 radical (unpaired) electrons. The molecule has 0 aliphatic carbocycles. The van der Waals surface area contributed by atoms with E-state index in [1.807, 2.05) is 0 Å². The van der Waals surface area contributed by atoms with E-state index in [-0.39, 0.29) is 66.1 Å². The molecular weight excluding hydrogens is 528 g/mol. The van der Waals surface area contributed by atoms with Crippen molar-refractivity contribution in [2.75, 3.05) is 0 Å². The predicted molar refractivity (Wildman–Crippen MR) is 141 cm³/mol. The lowest BCUT2D eigenvalue weighted by atomic mass is 9.90. The smallest absolute Gasteiger partial charge is 0.190 e. The summed E-state index contributed by atoms with van der Waals surface area (Å²) in [5.41, 5.74) is -2.92. The minimum atomic E-state index is -0.890. The van der Waals surface area contributed by atoms with Gasteiger partial charge in [-0.3, -0.25) is 9.59 Å². The second kappa shape index (κ2) is 8.53. The summed E-state index contributed by atoms with van der Waals surface area (Å²) in [5.74, 6) is -3.89. The summed E-state index contributed by atoms with van der Waals surface area (Å²) in [4.78, 5) is 26.7. The molecule has 0 spiro atoms. The zero-order valence-electron chi connectivity index (χ0n) is 20.1. The molecule has 0 atom stereocenters. The van der Waals surface area contributed by atoms with E-state index in [0.717, 1.165) is 24.3 Å². The van der Waals surface area contributed by atoms with Crippen LogP contribution in [0.15, 0.2) is 54.8 Å². The number of phenols is 4. The van der Waals surface area contributed by atoms with Crippen molar-refractivity contribution in [3.05, 3.63) is 68.4 Å². The van der Waals surface area contributed by atoms with E-state index in [0.29, 0.717) is 0 Å². The topological polar surface area (TPSA) is 222 Å². The second-order valence-corrected chi connectivity index (χ2v) is 9.09. The van der Waals surface area contributed by atoms with E-state index in [1.54, 1.807) is 0 Å². The van der Waals surface area contributed by atoms with Crippen LogP contribution in [0.5, 0.6) is 34.5 Å². The number of phenolic OH excluding ortho intramolecular Hbond substituents is 4. The van der Waals surface area contributed by atoms with Gasteiger partial charge in [0.25, 0.3) is 0 Å². The first-order valence-corrected chi connectivity index (χ1v) is 11.6. The molecule has 0 aliphatic rings. The van der Waals surface area contributed by atoms with Crippen LogP contribution in [0, 0.1) is 0 Å². The van der Waals surface area contributed by atoms with Gasteiger partial charge in [-0.2, -0.15) is 0 Å². The van der Waals surface area contributed by atoms with Crippen LogP contribution in [0.25, 0.3) is 54.6 Å². The average molecular weight is 546 g/mol. The molecule has 0 fully saturated rings. The van der Waals surface area contributed by atoms with Crippen molar-refractivity contribution in [1.29, 1.82) is 0 Å². The van der Waals surface area contributed by atoms with Crippen LogP contribution in [0.3, 0.4) is 0 Å². The molecule has 40 heavy (non-hydrogen) atoms. The minimum Gasteiger partial charge on any atom is -0.507 e. The van der Waals surface area contributed by atoms with E-state index in [4.69, 9.17) is 8.83 Å². The summed E-state index contributed by atoms with van der Waals surface area (Å²) in [7, 11) is 0. The number of rotatable bonds is 3. The molecule has 6 rings (SSSR count). The maximum atomic E-state index is 13.4. The molecule has 0 unspecified atom stereocenters. The van der Waals surface area contributed by atoms with Gasteiger partial charge in [0.2, 0.25) is 0 Å². The van der Waals surface area contributed by atoms with Gasteiger partial charge in [0.1, 0.15) is 81.2 Å². The van der Waals surface area contributed by atoms with Gasteiger partial charge < -0.3 is 49.7 Å². The van der Waals surface area contributed by atoms with Gasteiger partial charge in [-0.25, -0.2) is 0 Å². The molecule has 202 valence electrons. The Bertz CT molecular complexity index is 2030. The highest BCUT2D eigenvalue weighted by atomic mass is 16.4. The van der Waals surface area contributed by atoms with Crippen molar-refractivity contribution < 1.29 is 49.7 Å². The highest BCUT2D eigenvalue weighted by Gasteiger charge is 2.26. The van der Waals surface area contributed by atoms with Gasteiger partial charge in [-0.05, 0) is 12.1 Å². The number of aliphatic hydroxyl groups excluding tert-OH is 2. The third kappa shape index (κ3) is 3.33. The average Bonchev–Trinajstić information content (AvgIpc) is 2.88. The lowest BCUT2D eigenvalue weighted by Gasteiger charge is -2.15. The Hall–Kier alpha value is -5.46. The van der Waals surface area contributed by atoms with Crippen LogP contribution >= 0.6 is 0 Å². The van der Waals surface area contributed by atoms with Gasteiger partial charge in [0.15, 0.2) is 10.9 Å². The molecule has 6 aromatic rings. The first-order chi connectivity index (χ1) is 19.0. The van der Waals surface area contributed by atoms with E-state index in [9.17, 15) is 50.4 Å². The van der Waals surface area contributed by atoms with Crippen LogP contribution in [0.1, 0.15) is 11.5 Å². The van der Waals surface area contributed by atoms with E-state index >= 15 is 0 Å². The quantitative estimate of drug-likeness (QED) is 0.150. The number of hydrogen-bond donors (Lipinski definition) is 8. The molecule has 0 bridgehead atoms. The fourth-order valence-electron chi connectivity index (χ4n) is 5.12. The standard InChI is InChI=1S/C28H18O12/c29-7-9-1-13(31)25-19(39-9)3-11-21(15(33)5-17(35)23(11)27(25)37)22-12-4-20-26(14(32)2-10(8-30)40-20)28(38)24(12)18(36)6-16(22)34/h1-6,29-32,35-38H,7-8H2. The van der Waals surface area contributed by atoms with Crippen molar-refractivity contribution in [3.8, 4) is 45.6 Å². The van der Waals surface area contributed by atoms with Crippen molar-refractivity contribution >= 4 is 43.5 Å². The molecule has 0 amide bonds. The molecule has 12 heteroatoms. The Morgan fingerprint density at radius 2 is 0.850 bits per heavy atom. The third-order valence-electron chi connectivity index (χ3n) is 6.76. The molecule has 2 aromatic heterocycles. The van der Waals surface area contributed by atoms with E-state index < -0.39 is 58.6 Å². The zero-order chi connectivity index (χ0) is 28.6. The highest BCUT2D eigenvalue weighted by molar-refractivity contribution is 6.18. The highest BCUT2D eigenvalue weighted by Crippen LogP contribution is 2.48. The van der Waals surface area contributed by atoms with Gasteiger partial charge in [0.05, 0.1) is 10.8 Å². The number of benzene rings is 4. The monoisotopic (exact) mass is 546 g/mol. The van der Waals surface area contributed by atoms with Gasteiger partial charge in [-0.15, -0.1) is 0 Å². The SMILES string of the molecule is O=c1cc(O)c2c(O)c3c(O)cc(CO)oc3cc2c1-c1c(=O)cc(O)c2c(O)c3c(O)cc(CO)oc3cc12. The molecule has 0 aliphatic heterocycles. The van der Waals surface area contributed by atoms with Crippen LogP contribution in [0.4, 0.5) is 0 Å². The normalized spacial score (nSPS) is 11.8. The summed E-state index contributed by atoms with van der Waals surface area (Å²) < 4.78 is 11.1. The number of aliphatic hydroxyl groups is 2. The minimum absolute atomic E-state index is 0.0927. The van der Waals surface area contributed by atoms with Crippen LogP contribution in [0.2, 0.25) is 0 Å². The first-order valence-electron chi connectivity index (χ1n) is 11.6. The van der Waals surface area contributed by atoms with Gasteiger partial charge in [0, 0.05) is 46.2 Å². The second-order valence-electron chi connectivity index (χ2n) is 9.09. The summed E-state index contributed by atoms with van der Waals surface area (Å²) in [6, 6.07) is 5.98. The Labute approximate surface area is 220 Å². The molecule has 4 aromatic carbocycles. The maximum absolute atomic E-state index is 13.4. The van der Waals surface area contributed by atoms with E-state index in [2.05, 4.69) is 0 Å². The molecular formula is C28H18O12. The van der Waals surface area contributed by atoms with E-state index in [1.165, 1.54) is 12.1 Å². The summed E-state index contributed by atoms with van der Waals surface area (Å²) in [5, 5.41) is 81.6. The first kappa shape index (κ1) is 24.9. The Morgan fingerprint density at radius 3 is 1.20 bits per heavy atom. The van der Waals surface area contributed by atoms with Crippen LogP contribution < -0.4 is 10.9 Å². The van der Waals surface area contributed by atoms with Crippen LogP contribution in [-0.2, 0) is 13.2 Å². The summed E-state index contributed by atoms with van der Waals surface area (Å²) >= 11 is 0. The number of aromatic hydroxyl groups is 6. The van der Waals surface area contributed by atoms with Crippen molar-refractivity contribution in [3.63, 3.8) is 0 Å². The Balaban J connectivity index is 1.86. The van der Waals surface area contributed by atoms with Crippen molar-refractivity contribution in [2.45, 2.75) is 13.2 Å². The lowest BCUT2D eigenvalue weighted by Crippen LogP contribution is -2.12. The largest absolute Gasteiger partial charge is 0.507 e. The number of fused-ring (bicyclic) bond motifs is 4. The lowest BCUT2D eigenvalue weighted by molar-refractivity contribution is 0.247. The van der Waals surface area contributed by atoms with Crippen molar-refractivity contribution in [2.24, 2.45) is 0 Å². The number of hydrogen-bond acceptors (Lipinski definition) is 12. The van der Waals surface area contributed by atoms with Gasteiger partial charge in [-0.1, -0.05) is 0 Å². The summed E-state index contributed by atoms with van der Waals surface area (Å²) in [6.07, 6.45) is 0. The Kier molecular flexibility index (Phi) is 5.30. The van der Waals surface area contributed by atoms with Gasteiger partial charge >= 0.3 is 0 Å². The summed E-state index contributed by atoms with van der Waals surface area (Å²) in [6.45, 7) is -1.23. The molecule has 0 saturated heterocycles. The molecule has 2 heterocycles. The van der Waals surface area contributed by atoms with Crippen molar-refractivity contribution in [1.82, 2.24) is 0 Å². The molecule has 8 N–H and O–H groups in total.